The van der Waals surface area contributed by atoms with Gasteiger partial charge in [0.05, 0.1) is 26.2 Å². The van der Waals surface area contributed by atoms with Crippen molar-refractivity contribution in [1.29, 1.82) is 0 Å². The van der Waals surface area contributed by atoms with Crippen LogP contribution in [0, 0.1) is 0 Å². The normalized spacial score (nSPS) is 21.2. The van der Waals surface area contributed by atoms with Gasteiger partial charge in [-0.1, -0.05) is 13.2 Å². The second kappa shape index (κ2) is 3.02. The molecule has 1 nitrogen and oxygen atoms in total. The fourth-order valence-electron chi connectivity index (χ4n) is 1.59. The number of likely N-dealkylation sites (tertiary alicyclic amines) is 1. The fraction of sp³-hybridized carbons (Fsp3) is 0.556. The lowest BCUT2D eigenvalue weighted by Gasteiger charge is -2.44. The topological polar surface area (TPSA) is 0 Å². The van der Waals surface area contributed by atoms with Crippen molar-refractivity contribution in [1.82, 2.24) is 0 Å². The van der Waals surface area contributed by atoms with Crippen molar-refractivity contribution in [3.05, 3.63) is 25.3 Å². The van der Waals surface area contributed by atoms with Gasteiger partial charge in [-0.2, -0.15) is 0 Å². The Balaban J connectivity index is 2.41. The molecule has 0 N–H and O–H groups in total. The van der Waals surface area contributed by atoms with E-state index in [1.807, 2.05) is 12.2 Å². The van der Waals surface area contributed by atoms with Crippen LogP contribution in [-0.4, -0.2) is 30.7 Å². The monoisotopic (exact) mass is 138 g/mol. The van der Waals surface area contributed by atoms with Crippen molar-refractivity contribution < 1.29 is 4.48 Å². The molecule has 0 atom stereocenters. The molecule has 0 amide bonds. The van der Waals surface area contributed by atoms with E-state index in [0.717, 1.165) is 13.1 Å². The second-order valence-electron chi connectivity index (χ2n) is 3.08. The highest BCUT2D eigenvalue weighted by atomic mass is 15.4. The van der Waals surface area contributed by atoms with Crippen molar-refractivity contribution in [2.24, 2.45) is 0 Å². The van der Waals surface area contributed by atoms with E-state index in [4.69, 9.17) is 0 Å². The summed E-state index contributed by atoms with van der Waals surface area (Å²) < 4.78 is 1.20. The summed E-state index contributed by atoms with van der Waals surface area (Å²) in [5.74, 6) is 0. The zero-order valence-electron chi connectivity index (χ0n) is 6.55. The minimum Gasteiger partial charge on any atom is -0.317 e. The molecule has 1 saturated heterocycles. The molecule has 0 spiro atoms. The van der Waals surface area contributed by atoms with Gasteiger partial charge >= 0.3 is 0 Å². The lowest BCUT2D eigenvalue weighted by molar-refractivity contribution is -0.953. The molecule has 0 aliphatic carbocycles. The summed E-state index contributed by atoms with van der Waals surface area (Å²) in [4.78, 5) is 0. The Morgan fingerprint density at radius 2 is 1.60 bits per heavy atom. The van der Waals surface area contributed by atoms with Crippen LogP contribution >= 0.6 is 0 Å². The average molecular weight is 138 g/mol. The summed E-state index contributed by atoms with van der Waals surface area (Å²) in [5, 5.41) is 0. The molecular formula is C9H16N+. The smallest absolute Gasteiger partial charge is 0.0973 e. The highest BCUT2D eigenvalue weighted by molar-refractivity contribution is 4.74. The van der Waals surface area contributed by atoms with Crippen LogP contribution in [0.4, 0.5) is 0 Å². The van der Waals surface area contributed by atoms with Crippen LogP contribution in [0.15, 0.2) is 25.3 Å². The summed E-state index contributed by atoms with van der Waals surface area (Å²) in [6.07, 6.45) is 5.41. The van der Waals surface area contributed by atoms with E-state index in [1.54, 1.807) is 0 Å². The van der Waals surface area contributed by atoms with Gasteiger partial charge in [0.1, 0.15) is 0 Å². The quantitative estimate of drug-likeness (QED) is 0.409. The molecule has 1 aliphatic rings. The van der Waals surface area contributed by atoms with Crippen LogP contribution in [-0.2, 0) is 0 Å². The summed E-state index contributed by atoms with van der Waals surface area (Å²) in [5.41, 5.74) is 0. The molecule has 1 fully saturated rings. The highest BCUT2D eigenvalue weighted by Gasteiger charge is 2.32. The van der Waals surface area contributed by atoms with E-state index < -0.39 is 0 Å². The van der Waals surface area contributed by atoms with E-state index in [9.17, 15) is 0 Å². The van der Waals surface area contributed by atoms with Crippen LogP contribution in [0.3, 0.4) is 0 Å². The van der Waals surface area contributed by atoms with Gasteiger partial charge in [-0.25, -0.2) is 0 Å². The molecular weight excluding hydrogens is 122 g/mol. The highest BCUT2D eigenvalue weighted by Crippen LogP contribution is 2.19. The van der Waals surface area contributed by atoms with Crippen LogP contribution in [0.5, 0.6) is 0 Å². The SMILES string of the molecule is C=CC[N+]1(CC=C)CCC1. The van der Waals surface area contributed by atoms with Gasteiger partial charge in [-0.15, -0.1) is 0 Å². The number of hydrogen-bond donors (Lipinski definition) is 0. The number of nitrogens with zero attached hydrogens (tertiary/aromatic N) is 1. The predicted octanol–water partition coefficient (Wildman–Crippen LogP) is 1.58. The Bertz CT molecular complexity index is 122. The Hall–Kier alpha value is -0.560. The zero-order valence-corrected chi connectivity index (χ0v) is 6.55. The molecule has 0 saturated carbocycles. The van der Waals surface area contributed by atoms with E-state index in [-0.39, 0.29) is 0 Å². The van der Waals surface area contributed by atoms with Crippen molar-refractivity contribution in [3.8, 4) is 0 Å². The summed E-state index contributed by atoms with van der Waals surface area (Å²) in [6, 6.07) is 0. The third kappa shape index (κ3) is 1.29. The maximum absolute atomic E-state index is 3.76. The van der Waals surface area contributed by atoms with Gasteiger partial charge in [0.2, 0.25) is 0 Å². The maximum atomic E-state index is 3.76. The number of quaternary nitrogens is 1. The lowest BCUT2D eigenvalue weighted by atomic mass is 10.1. The summed E-state index contributed by atoms with van der Waals surface area (Å²) in [7, 11) is 0. The van der Waals surface area contributed by atoms with Gasteiger partial charge in [0.15, 0.2) is 0 Å². The zero-order chi connectivity index (χ0) is 7.45. The molecule has 10 heavy (non-hydrogen) atoms. The molecule has 0 aromatic rings. The van der Waals surface area contributed by atoms with E-state index in [0.29, 0.717) is 0 Å². The molecule has 0 unspecified atom stereocenters. The molecule has 0 aromatic heterocycles. The molecule has 1 rings (SSSR count). The first-order valence-electron chi connectivity index (χ1n) is 3.90. The van der Waals surface area contributed by atoms with Crippen molar-refractivity contribution >= 4 is 0 Å². The maximum Gasteiger partial charge on any atom is 0.0973 e. The first kappa shape index (κ1) is 7.55. The Kier molecular flexibility index (Phi) is 2.28. The van der Waals surface area contributed by atoms with E-state index in [2.05, 4.69) is 13.2 Å². The molecule has 0 aromatic carbocycles. The van der Waals surface area contributed by atoms with Gasteiger partial charge in [-0.3, -0.25) is 0 Å². The second-order valence-corrected chi connectivity index (χ2v) is 3.08. The predicted molar refractivity (Wildman–Crippen MR) is 44.7 cm³/mol. The minimum atomic E-state index is 1.12. The summed E-state index contributed by atoms with van der Waals surface area (Å²) in [6.45, 7) is 12.4. The Morgan fingerprint density at radius 1 is 1.10 bits per heavy atom. The molecule has 56 valence electrons. The standard InChI is InChI=1S/C9H16N/c1-3-6-10(7-4-2)8-5-9-10/h3-4H,1-2,5-9H2/q+1. The first-order chi connectivity index (χ1) is 4.83. The van der Waals surface area contributed by atoms with Gasteiger partial charge < -0.3 is 4.48 Å². The number of hydrogen-bond acceptors (Lipinski definition) is 0. The third-order valence-electron chi connectivity index (χ3n) is 2.30. The van der Waals surface area contributed by atoms with Crippen LogP contribution in [0.25, 0.3) is 0 Å². The van der Waals surface area contributed by atoms with Crippen LogP contribution < -0.4 is 0 Å². The van der Waals surface area contributed by atoms with E-state index in [1.165, 1.54) is 24.0 Å². The Morgan fingerprint density at radius 3 is 1.80 bits per heavy atom. The number of rotatable bonds is 4. The van der Waals surface area contributed by atoms with Crippen LogP contribution in [0.1, 0.15) is 6.42 Å². The molecule has 0 radical (unpaired) electrons. The van der Waals surface area contributed by atoms with Crippen molar-refractivity contribution in [3.63, 3.8) is 0 Å². The van der Waals surface area contributed by atoms with Crippen molar-refractivity contribution in [2.75, 3.05) is 26.2 Å². The molecule has 1 aliphatic heterocycles. The van der Waals surface area contributed by atoms with Crippen LogP contribution in [0.2, 0.25) is 0 Å². The molecule has 1 heterocycles. The first-order valence-corrected chi connectivity index (χ1v) is 3.90. The molecule has 0 bridgehead atoms. The van der Waals surface area contributed by atoms with Gasteiger partial charge in [0.25, 0.3) is 0 Å². The largest absolute Gasteiger partial charge is 0.317 e. The average Bonchev–Trinajstić information content (AvgIpc) is 1.84. The minimum absolute atomic E-state index is 1.12. The van der Waals surface area contributed by atoms with Crippen molar-refractivity contribution in [2.45, 2.75) is 6.42 Å². The van der Waals surface area contributed by atoms with E-state index >= 15 is 0 Å². The summed E-state index contributed by atoms with van der Waals surface area (Å²) >= 11 is 0. The fourth-order valence-corrected chi connectivity index (χ4v) is 1.59. The third-order valence-corrected chi connectivity index (χ3v) is 2.30. The van der Waals surface area contributed by atoms with Gasteiger partial charge in [0, 0.05) is 6.42 Å². The van der Waals surface area contributed by atoms with Gasteiger partial charge in [-0.05, 0) is 12.2 Å². The Labute approximate surface area is 63.2 Å². The lowest BCUT2D eigenvalue weighted by Crippen LogP contribution is -2.57. The molecule has 1 heteroatoms.